The number of carbonyl (C=O) groups excluding carboxylic acids is 1. The fourth-order valence-electron chi connectivity index (χ4n) is 3.23. The summed E-state index contributed by atoms with van der Waals surface area (Å²) in [6, 6.07) is 1.16. The van der Waals surface area contributed by atoms with Crippen molar-refractivity contribution in [2.24, 2.45) is 4.99 Å². The molecule has 1 heterocycles. The van der Waals surface area contributed by atoms with E-state index in [-0.39, 0.29) is 5.97 Å². The monoisotopic (exact) mass is 368 g/mol. The van der Waals surface area contributed by atoms with Crippen LogP contribution in [0.25, 0.3) is 0 Å². The second-order valence-corrected chi connectivity index (χ2v) is 7.28. The molecule has 2 N–H and O–H groups in total. The summed E-state index contributed by atoms with van der Waals surface area (Å²) in [4.78, 5) is 18.5. The van der Waals surface area contributed by atoms with Crippen molar-refractivity contribution in [3.05, 3.63) is 0 Å². The Morgan fingerprint density at radius 2 is 1.85 bits per heavy atom. The molecule has 26 heavy (non-hydrogen) atoms. The Morgan fingerprint density at radius 3 is 2.46 bits per heavy atom. The summed E-state index contributed by atoms with van der Waals surface area (Å²) in [5.41, 5.74) is 0. The van der Waals surface area contributed by atoms with Crippen LogP contribution in [0, 0.1) is 0 Å². The number of likely N-dealkylation sites (tertiary alicyclic amines) is 1. The largest absolute Gasteiger partial charge is 0.466 e. The Hall–Kier alpha value is -1.30. The first-order chi connectivity index (χ1) is 12.6. The van der Waals surface area contributed by atoms with Crippen LogP contribution in [0.2, 0.25) is 0 Å². The zero-order valence-electron chi connectivity index (χ0n) is 17.4. The first-order valence-corrected chi connectivity index (χ1v) is 10.5. The summed E-state index contributed by atoms with van der Waals surface area (Å²) in [5.74, 6) is 0.870. The maximum absolute atomic E-state index is 11.3. The average molecular weight is 369 g/mol. The van der Waals surface area contributed by atoms with Crippen LogP contribution in [-0.2, 0) is 9.53 Å². The van der Waals surface area contributed by atoms with Crippen LogP contribution in [0.4, 0.5) is 0 Å². The summed E-state index contributed by atoms with van der Waals surface area (Å²) in [6.45, 7) is 13.0. The maximum atomic E-state index is 11.3. The van der Waals surface area contributed by atoms with Gasteiger partial charge in [-0.25, -0.2) is 0 Å². The van der Waals surface area contributed by atoms with Gasteiger partial charge in [-0.05, 0) is 53.4 Å². The van der Waals surface area contributed by atoms with Gasteiger partial charge in [0.05, 0.1) is 6.61 Å². The summed E-state index contributed by atoms with van der Waals surface area (Å²) in [7, 11) is 0. The zero-order valence-corrected chi connectivity index (χ0v) is 17.4. The molecule has 0 atom stereocenters. The van der Waals surface area contributed by atoms with Crippen LogP contribution in [0.15, 0.2) is 4.99 Å². The van der Waals surface area contributed by atoms with E-state index in [4.69, 9.17) is 9.73 Å². The number of piperidine rings is 1. The number of guanidine groups is 1. The van der Waals surface area contributed by atoms with Crippen molar-refractivity contribution < 1.29 is 9.53 Å². The second-order valence-electron chi connectivity index (χ2n) is 7.28. The van der Waals surface area contributed by atoms with E-state index in [1.165, 1.54) is 12.8 Å². The molecule has 1 aliphatic rings. The zero-order chi connectivity index (χ0) is 19.2. The van der Waals surface area contributed by atoms with Gasteiger partial charge in [0, 0.05) is 44.7 Å². The van der Waals surface area contributed by atoms with Gasteiger partial charge in [-0.1, -0.05) is 12.8 Å². The first kappa shape index (κ1) is 22.7. The fraction of sp³-hybridized carbons (Fsp3) is 0.900. The predicted molar refractivity (Wildman–Crippen MR) is 109 cm³/mol. The Labute approximate surface area is 160 Å². The van der Waals surface area contributed by atoms with Crippen molar-refractivity contribution in [1.82, 2.24) is 15.5 Å². The molecular weight excluding hydrogens is 328 g/mol. The molecule has 0 amide bonds. The second kappa shape index (κ2) is 13.8. The van der Waals surface area contributed by atoms with E-state index in [0.717, 1.165) is 57.8 Å². The lowest BCUT2D eigenvalue weighted by atomic mass is 10.0. The average Bonchev–Trinajstić information content (AvgIpc) is 2.61. The number of nitrogens with one attached hydrogen (secondary N) is 2. The highest BCUT2D eigenvalue weighted by molar-refractivity contribution is 5.80. The van der Waals surface area contributed by atoms with Crippen molar-refractivity contribution in [3.63, 3.8) is 0 Å². The molecule has 0 aromatic carbocycles. The summed E-state index contributed by atoms with van der Waals surface area (Å²) in [6.07, 6.45) is 7.03. The number of hydrogen-bond donors (Lipinski definition) is 2. The molecule has 1 aliphatic heterocycles. The topological polar surface area (TPSA) is 66.0 Å². The molecule has 0 spiro atoms. The first-order valence-electron chi connectivity index (χ1n) is 10.5. The van der Waals surface area contributed by atoms with Crippen molar-refractivity contribution in [1.29, 1.82) is 0 Å². The number of ether oxygens (including phenoxy) is 1. The van der Waals surface area contributed by atoms with Crippen LogP contribution in [0.5, 0.6) is 0 Å². The highest BCUT2D eigenvalue weighted by Crippen LogP contribution is 2.12. The Kier molecular flexibility index (Phi) is 12.1. The van der Waals surface area contributed by atoms with E-state index in [2.05, 4.69) is 36.3 Å². The number of aliphatic imine (C=N–C) groups is 1. The van der Waals surface area contributed by atoms with Gasteiger partial charge in [0.1, 0.15) is 0 Å². The lowest BCUT2D eigenvalue weighted by Gasteiger charge is -2.35. The molecule has 0 bridgehead atoms. The molecule has 0 aromatic heterocycles. The van der Waals surface area contributed by atoms with Crippen LogP contribution in [0.1, 0.15) is 72.6 Å². The molecule has 1 saturated heterocycles. The third-order valence-corrected chi connectivity index (χ3v) is 4.81. The van der Waals surface area contributed by atoms with E-state index in [1.54, 1.807) is 0 Å². The van der Waals surface area contributed by atoms with Crippen LogP contribution < -0.4 is 10.6 Å². The molecule has 152 valence electrons. The van der Waals surface area contributed by atoms with E-state index in [0.29, 0.717) is 25.1 Å². The van der Waals surface area contributed by atoms with Crippen LogP contribution in [0.3, 0.4) is 0 Å². The van der Waals surface area contributed by atoms with Gasteiger partial charge >= 0.3 is 5.97 Å². The van der Waals surface area contributed by atoms with Gasteiger partial charge in [-0.2, -0.15) is 0 Å². The quantitative estimate of drug-likeness (QED) is 0.254. The summed E-state index contributed by atoms with van der Waals surface area (Å²) in [5, 5.41) is 6.96. The smallest absolute Gasteiger partial charge is 0.305 e. The van der Waals surface area contributed by atoms with Gasteiger partial charge in [0.15, 0.2) is 5.96 Å². The molecule has 0 saturated carbocycles. The fourth-order valence-corrected chi connectivity index (χ4v) is 3.23. The van der Waals surface area contributed by atoms with Gasteiger partial charge in [-0.15, -0.1) is 0 Å². The van der Waals surface area contributed by atoms with Crippen molar-refractivity contribution in [2.75, 3.05) is 32.8 Å². The number of carbonyl (C=O) groups is 1. The molecule has 6 heteroatoms. The maximum Gasteiger partial charge on any atom is 0.305 e. The third kappa shape index (κ3) is 10.00. The molecule has 0 unspecified atom stereocenters. The van der Waals surface area contributed by atoms with Gasteiger partial charge in [0.25, 0.3) is 0 Å². The molecule has 1 rings (SSSR count). The van der Waals surface area contributed by atoms with Crippen LogP contribution >= 0.6 is 0 Å². The van der Waals surface area contributed by atoms with Gasteiger partial charge in [0.2, 0.25) is 0 Å². The number of rotatable bonds is 11. The molecule has 0 aliphatic carbocycles. The van der Waals surface area contributed by atoms with Gasteiger partial charge in [-0.3, -0.25) is 9.79 Å². The Balaban J connectivity index is 2.20. The molecular formula is C20H40N4O2. The minimum atomic E-state index is -0.0762. The van der Waals surface area contributed by atoms with E-state index >= 15 is 0 Å². The SMILES string of the molecule is CCNC(=NCCCCCCC(=O)OCC)NC1CCN(C(C)C)CC1. The lowest BCUT2D eigenvalue weighted by molar-refractivity contribution is -0.143. The number of esters is 1. The molecule has 0 radical (unpaired) electrons. The van der Waals surface area contributed by atoms with Crippen molar-refractivity contribution in [2.45, 2.75) is 84.7 Å². The third-order valence-electron chi connectivity index (χ3n) is 4.81. The standard InChI is InChI=1S/C20H40N4O2/c1-5-21-20(23-18-12-15-24(16-13-18)17(3)4)22-14-10-8-7-9-11-19(25)26-6-2/h17-18H,5-16H2,1-4H3,(H2,21,22,23). The highest BCUT2D eigenvalue weighted by atomic mass is 16.5. The normalized spacial score (nSPS) is 16.7. The molecule has 0 aromatic rings. The molecule has 6 nitrogen and oxygen atoms in total. The number of nitrogens with zero attached hydrogens (tertiary/aromatic N) is 2. The van der Waals surface area contributed by atoms with Gasteiger partial charge < -0.3 is 20.3 Å². The van der Waals surface area contributed by atoms with E-state index in [1.807, 2.05) is 6.92 Å². The minimum Gasteiger partial charge on any atom is -0.466 e. The Bertz CT molecular complexity index is 405. The molecule has 1 fully saturated rings. The number of hydrogen-bond acceptors (Lipinski definition) is 4. The summed E-state index contributed by atoms with van der Waals surface area (Å²) >= 11 is 0. The highest BCUT2D eigenvalue weighted by Gasteiger charge is 2.21. The van der Waals surface area contributed by atoms with Crippen LogP contribution in [-0.4, -0.2) is 61.7 Å². The van der Waals surface area contributed by atoms with E-state index < -0.39 is 0 Å². The van der Waals surface area contributed by atoms with Crippen molar-refractivity contribution in [3.8, 4) is 0 Å². The lowest BCUT2D eigenvalue weighted by Crippen LogP contribution is -2.49. The number of unbranched alkanes of at least 4 members (excludes halogenated alkanes) is 3. The summed E-state index contributed by atoms with van der Waals surface area (Å²) < 4.78 is 4.94. The minimum absolute atomic E-state index is 0.0762. The predicted octanol–water partition coefficient (Wildman–Crippen LogP) is 2.93. The Morgan fingerprint density at radius 1 is 1.15 bits per heavy atom. The van der Waals surface area contributed by atoms with Crippen molar-refractivity contribution >= 4 is 11.9 Å². The van der Waals surface area contributed by atoms with E-state index in [9.17, 15) is 4.79 Å².